The number of nitrogens with zero attached hydrogens (tertiary/aromatic N) is 1. The molecule has 6 nitrogen and oxygen atoms in total. The Balaban J connectivity index is 1.91. The van der Waals surface area contributed by atoms with E-state index in [1.54, 1.807) is 6.92 Å². The van der Waals surface area contributed by atoms with E-state index in [2.05, 4.69) is 5.32 Å². The molecule has 2 aliphatic heterocycles. The standard InChI is InChI=1S/C15H20N2O4/c1-14(8-5-10(18)16-12(14)20)17-11(19)9-15(13(17)21)6-3-2-4-7-15/h2-9H2,1H3,(H,16,18,20). The molecule has 6 heteroatoms. The number of imide groups is 2. The maximum atomic E-state index is 12.9. The Bertz CT molecular complexity index is 536. The highest BCUT2D eigenvalue weighted by Gasteiger charge is 2.59. The van der Waals surface area contributed by atoms with Crippen LogP contribution in [0.5, 0.6) is 0 Å². The van der Waals surface area contributed by atoms with Crippen molar-refractivity contribution < 1.29 is 19.2 Å². The summed E-state index contributed by atoms with van der Waals surface area (Å²) in [6, 6.07) is 0. The molecular weight excluding hydrogens is 272 g/mol. The summed E-state index contributed by atoms with van der Waals surface area (Å²) in [6.45, 7) is 1.59. The molecule has 0 aromatic carbocycles. The fraction of sp³-hybridized carbons (Fsp3) is 0.733. The number of nitrogens with one attached hydrogen (secondary N) is 1. The SMILES string of the molecule is CC1(N2C(=O)CC3(CCCCC3)C2=O)CCC(=O)NC1=O. The Morgan fingerprint density at radius 3 is 2.29 bits per heavy atom. The molecule has 1 unspecified atom stereocenters. The molecule has 3 rings (SSSR count). The number of hydrogen-bond acceptors (Lipinski definition) is 4. The lowest BCUT2D eigenvalue weighted by atomic mass is 9.73. The van der Waals surface area contributed by atoms with E-state index in [9.17, 15) is 19.2 Å². The average molecular weight is 292 g/mol. The number of amides is 4. The van der Waals surface area contributed by atoms with Gasteiger partial charge < -0.3 is 0 Å². The van der Waals surface area contributed by atoms with Crippen LogP contribution in [0.4, 0.5) is 0 Å². The van der Waals surface area contributed by atoms with Crippen molar-refractivity contribution in [1.82, 2.24) is 10.2 Å². The molecule has 1 atom stereocenters. The lowest BCUT2D eigenvalue weighted by molar-refractivity contribution is -0.159. The van der Waals surface area contributed by atoms with E-state index in [1.165, 1.54) is 0 Å². The number of carbonyl (C=O) groups is 4. The second-order valence-corrected chi connectivity index (χ2v) is 6.70. The van der Waals surface area contributed by atoms with Crippen LogP contribution in [0.1, 0.15) is 58.3 Å². The lowest BCUT2D eigenvalue weighted by Crippen LogP contribution is -2.63. The zero-order chi connectivity index (χ0) is 15.3. The van der Waals surface area contributed by atoms with Crippen molar-refractivity contribution in [2.75, 3.05) is 0 Å². The Kier molecular flexibility index (Phi) is 3.15. The zero-order valence-electron chi connectivity index (χ0n) is 12.2. The van der Waals surface area contributed by atoms with Gasteiger partial charge in [0.1, 0.15) is 5.54 Å². The summed E-state index contributed by atoms with van der Waals surface area (Å²) in [6.07, 6.45) is 5.04. The zero-order valence-corrected chi connectivity index (χ0v) is 12.2. The van der Waals surface area contributed by atoms with Crippen LogP contribution in [0.2, 0.25) is 0 Å². The van der Waals surface area contributed by atoms with E-state index in [1.807, 2.05) is 0 Å². The summed E-state index contributed by atoms with van der Waals surface area (Å²) in [5.41, 5.74) is -1.82. The van der Waals surface area contributed by atoms with Crippen LogP contribution < -0.4 is 5.32 Å². The van der Waals surface area contributed by atoms with E-state index >= 15 is 0 Å². The molecule has 2 saturated heterocycles. The lowest BCUT2D eigenvalue weighted by Gasteiger charge is -2.40. The highest BCUT2D eigenvalue weighted by atomic mass is 16.2. The third-order valence-corrected chi connectivity index (χ3v) is 5.28. The van der Waals surface area contributed by atoms with E-state index in [0.29, 0.717) is 0 Å². The summed E-state index contributed by atoms with van der Waals surface area (Å²) in [5, 5.41) is 2.26. The fourth-order valence-electron chi connectivity index (χ4n) is 3.92. The minimum atomic E-state index is -1.22. The van der Waals surface area contributed by atoms with Crippen LogP contribution >= 0.6 is 0 Å². The molecule has 114 valence electrons. The maximum absolute atomic E-state index is 12.9. The minimum Gasteiger partial charge on any atom is -0.294 e. The molecule has 3 fully saturated rings. The largest absolute Gasteiger partial charge is 0.294 e. The third kappa shape index (κ3) is 2.00. The average Bonchev–Trinajstić information content (AvgIpc) is 2.67. The summed E-state index contributed by atoms with van der Waals surface area (Å²) in [5.74, 6) is -1.36. The van der Waals surface area contributed by atoms with Gasteiger partial charge in [0.25, 0.3) is 5.91 Å². The van der Waals surface area contributed by atoms with Gasteiger partial charge in [-0.15, -0.1) is 0 Å². The van der Waals surface area contributed by atoms with E-state index in [0.717, 1.165) is 37.0 Å². The van der Waals surface area contributed by atoms with Crippen molar-refractivity contribution in [3.05, 3.63) is 0 Å². The van der Waals surface area contributed by atoms with Crippen molar-refractivity contribution in [3.8, 4) is 0 Å². The number of hydrogen-bond donors (Lipinski definition) is 1. The van der Waals surface area contributed by atoms with Crippen LogP contribution in [0.15, 0.2) is 0 Å². The number of rotatable bonds is 1. The van der Waals surface area contributed by atoms with Crippen LogP contribution in [0.25, 0.3) is 0 Å². The van der Waals surface area contributed by atoms with Crippen LogP contribution in [-0.2, 0) is 19.2 Å². The van der Waals surface area contributed by atoms with Crippen molar-refractivity contribution >= 4 is 23.6 Å². The molecule has 1 saturated carbocycles. The Morgan fingerprint density at radius 1 is 1.00 bits per heavy atom. The summed E-state index contributed by atoms with van der Waals surface area (Å²) >= 11 is 0. The second-order valence-electron chi connectivity index (χ2n) is 6.70. The Hall–Kier alpha value is -1.72. The molecule has 3 aliphatic rings. The first-order valence-electron chi connectivity index (χ1n) is 7.61. The first-order valence-corrected chi connectivity index (χ1v) is 7.61. The van der Waals surface area contributed by atoms with Crippen LogP contribution in [0, 0.1) is 5.41 Å². The molecule has 21 heavy (non-hydrogen) atoms. The van der Waals surface area contributed by atoms with Gasteiger partial charge in [-0.3, -0.25) is 29.4 Å². The Morgan fingerprint density at radius 2 is 1.67 bits per heavy atom. The molecule has 4 amide bonds. The molecule has 0 bridgehead atoms. The van der Waals surface area contributed by atoms with Gasteiger partial charge in [-0.05, 0) is 26.2 Å². The highest BCUT2D eigenvalue weighted by molar-refractivity contribution is 6.12. The molecule has 2 heterocycles. The highest BCUT2D eigenvalue weighted by Crippen LogP contribution is 2.48. The van der Waals surface area contributed by atoms with Gasteiger partial charge in [0.2, 0.25) is 17.7 Å². The number of carbonyl (C=O) groups excluding carboxylic acids is 4. The van der Waals surface area contributed by atoms with E-state index in [-0.39, 0.29) is 37.0 Å². The first kappa shape index (κ1) is 14.2. The summed E-state index contributed by atoms with van der Waals surface area (Å²) in [7, 11) is 0. The summed E-state index contributed by atoms with van der Waals surface area (Å²) in [4.78, 5) is 50.0. The predicted octanol–water partition coefficient (Wildman–Crippen LogP) is 0.891. The molecule has 1 spiro atoms. The Labute approximate surface area is 123 Å². The predicted molar refractivity (Wildman–Crippen MR) is 72.8 cm³/mol. The van der Waals surface area contributed by atoms with Gasteiger partial charge in [-0.2, -0.15) is 0 Å². The minimum absolute atomic E-state index is 0.159. The molecule has 0 radical (unpaired) electrons. The van der Waals surface area contributed by atoms with Crippen molar-refractivity contribution in [2.45, 2.75) is 63.8 Å². The third-order valence-electron chi connectivity index (χ3n) is 5.28. The van der Waals surface area contributed by atoms with Crippen molar-refractivity contribution in [2.24, 2.45) is 5.41 Å². The quantitative estimate of drug-likeness (QED) is 0.728. The van der Waals surface area contributed by atoms with Gasteiger partial charge in [0.05, 0.1) is 5.41 Å². The molecule has 1 N–H and O–H groups in total. The van der Waals surface area contributed by atoms with Gasteiger partial charge >= 0.3 is 0 Å². The van der Waals surface area contributed by atoms with Crippen LogP contribution in [-0.4, -0.2) is 34.1 Å². The summed E-state index contributed by atoms with van der Waals surface area (Å²) < 4.78 is 0. The van der Waals surface area contributed by atoms with Gasteiger partial charge in [-0.1, -0.05) is 19.3 Å². The van der Waals surface area contributed by atoms with E-state index in [4.69, 9.17) is 0 Å². The van der Waals surface area contributed by atoms with Gasteiger partial charge in [0.15, 0.2) is 0 Å². The molecule has 0 aromatic heterocycles. The van der Waals surface area contributed by atoms with Crippen molar-refractivity contribution in [3.63, 3.8) is 0 Å². The topological polar surface area (TPSA) is 83.6 Å². The van der Waals surface area contributed by atoms with Crippen LogP contribution in [0.3, 0.4) is 0 Å². The fourth-order valence-corrected chi connectivity index (χ4v) is 3.92. The maximum Gasteiger partial charge on any atom is 0.252 e. The number of likely N-dealkylation sites (tertiary alicyclic amines) is 1. The van der Waals surface area contributed by atoms with E-state index < -0.39 is 16.9 Å². The van der Waals surface area contributed by atoms with Gasteiger partial charge in [0, 0.05) is 12.8 Å². The molecular formula is C15H20N2O4. The van der Waals surface area contributed by atoms with Gasteiger partial charge in [-0.25, -0.2) is 0 Å². The first-order chi connectivity index (χ1) is 9.89. The van der Waals surface area contributed by atoms with Crippen molar-refractivity contribution in [1.29, 1.82) is 0 Å². The molecule has 0 aromatic rings. The smallest absolute Gasteiger partial charge is 0.252 e. The molecule has 1 aliphatic carbocycles. The second kappa shape index (κ2) is 4.64. The monoisotopic (exact) mass is 292 g/mol. The number of piperidine rings is 1. The normalized spacial score (nSPS) is 32.7.